The van der Waals surface area contributed by atoms with Gasteiger partial charge in [-0.25, -0.2) is 8.42 Å². The van der Waals surface area contributed by atoms with Crippen molar-refractivity contribution in [2.24, 2.45) is 11.8 Å². The normalized spacial score (nSPS) is 22.2. The Morgan fingerprint density at radius 1 is 1.19 bits per heavy atom. The third-order valence-corrected chi connectivity index (χ3v) is 10.2. The van der Waals surface area contributed by atoms with Gasteiger partial charge in [-0.1, -0.05) is 38.3 Å². The lowest BCUT2D eigenvalue weighted by atomic mass is 9.89. The maximum absolute atomic E-state index is 13.6. The Morgan fingerprint density at radius 3 is 2.62 bits per heavy atom. The minimum absolute atomic E-state index is 0.0399. The molecule has 8 nitrogen and oxygen atoms in total. The van der Waals surface area contributed by atoms with Crippen LogP contribution >= 0.6 is 11.3 Å². The van der Waals surface area contributed by atoms with Crippen LogP contribution in [-0.4, -0.2) is 74.7 Å². The molecule has 2 aliphatic rings. The topological polar surface area (TPSA) is 99.2 Å². The maximum atomic E-state index is 13.6. The lowest BCUT2D eigenvalue weighted by molar-refractivity contribution is 0.0333. The summed E-state index contributed by atoms with van der Waals surface area (Å²) in [4.78, 5) is 17.6. The summed E-state index contributed by atoms with van der Waals surface area (Å²) in [6.45, 7) is 5.78. The number of carbonyl (C=O) groups excluding carboxylic acids is 1. The first-order valence-corrected chi connectivity index (χ1v) is 15.5. The van der Waals surface area contributed by atoms with Gasteiger partial charge in [-0.3, -0.25) is 9.52 Å². The Morgan fingerprint density at radius 2 is 1.95 bits per heavy atom. The van der Waals surface area contributed by atoms with Crippen molar-refractivity contribution in [2.75, 3.05) is 38.0 Å². The van der Waals surface area contributed by atoms with E-state index in [-0.39, 0.29) is 46.2 Å². The number of carbonyl (C=O) groups is 1. The van der Waals surface area contributed by atoms with Crippen molar-refractivity contribution >= 4 is 33.0 Å². The highest BCUT2D eigenvalue weighted by atomic mass is 32.2. The first-order chi connectivity index (χ1) is 17.7. The molecule has 0 unspecified atom stereocenters. The van der Waals surface area contributed by atoms with Gasteiger partial charge in [0, 0.05) is 25.6 Å². The predicted octanol–water partition coefficient (Wildman–Crippen LogP) is 4.28. The van der Waals surface area contributed by atoms with Crippen LogP contribution in [0.3, 0.4) is 0 Å². The van der Waals surface area contributed by atoms with E-state index in [1.165, 1.54) is 32.1 Å². The summed E-state index contributed by atoms with van der Waals surface area (Å²) in [7, 11) is -1.73. The van der Waals surface area contributed by atoms with E-state index in [9.17, 15) is 18.3 Å². The Kier molecular flexibility index (Phi) is 9.15. The Labute approximate surface area is 224 Å². The summed E-state index contributed by atoms with van der Waals surface area (Å²) in [6.07, 6.45) is 6.11. The van der Waals surface area contributed by atoms with Crippen LogP contribution in [0.5, 0.6) is 5.75 Å². The van der Waals surface area contributed by atoms with E-state index in [1.807, 2.05) is 13.8 Å². The number of sulfonamides is 1. The summed E-state index contributed by atoms with van der Waals surface area (Å²) in [5, 5.41) is 11.6. The van der Waals surface area contributed by atoms with Gasteiger partial charge in [0.15, 0.2) is 5.75 Å². The smallest absolute Gasteiger partial charge is 0.271 e. The number of hydrogen-bond acceptors (Lipinski definition) is 7. The highest BCUT2D eigenvalue weighted by Gasteiger charge is 2.35. The van der Waals surface area contributed by atoms with Gasteiger partial charge in [0.2, 0.25) is 0 Å². The van der Waals surface area contributed by atoms with Crippen LogP contribution in [0.2, 0.25) is 0 Å². The maximum Gasteiger partial charge on any atom is 0.271 e. The molecule has 1 aliphatic carbocycles. The molecule has 10 heteroatoms. The van der Waals surface area contributed by atoms with Crippen LogP contribution in [0, 0.1) is 11.8 Å². The number of likely N-dealkylation sites (N-methyl/N-ethyl adjacent to an activating group) is 1. The van der Waals surface area contributed by atoms with Gasteiger partial charge < -0.3 is 19.6 Å². The molecule has 37 heavy (non-hydrogen) atoms. The van der Waals surface area contributed by atoms with Gasteiger partial charge >= 0.3 is 0 Å². The van der Waals surface area contributed by atoms with Gasteiger partial charge in [-0.2, -0.15) is 0 Å². The number of benzene rings is 1. The summed E-state index contributed by atoms with van der Waals surface area (Å²) in [5.41, 5.74) is 0.531. The first kappa shape index (κ1) is 27.9. The third kappa shape index (κ3) is 6.66. The van der Waals surface area contributed by atoms with Crippen molar-refractivity contribution in [3.05, 3.63) is 41.3 Å². The number of para-hydroxylation sites is 1. The molecule has 0 saturated heterocycles. The largest absolute Gasteiger partial charge is 0.486 e. The lowest BCUT2D eigenvalue weighted by Crippen LogP contribution is -2.50. The van der Waals surface area contributed by atoms with Crippen LogP contribution in [0.1, 0.15) is 56.3 Å². The van der Waals surface area contributed by atoms with Crippen LogP contribution < -0.4 is 9.46 Å². The average molecular weight is 550 g/mol. The number of rotatable bonds is 9. The SMILES string of the molecule is C[C@@H]1CN([C@H](C)CO)C(=O)c2cccc(NS(=O)(=O)c3cccs3)c2O[C@@H]1CN(C)CC1CCCCC1. The zero-order valence-corrected chi connectivity index (χ0v) is 23.6. The van der Waals surface area contributed by atoms with Gasteiger partial charge in [-0.15, -0.1) is 11.3 Å². The molecule has 4 rings (SSSR count). The molecule has 0 spiro atoms. The van der Waals surface area contributed by atoms with Crippen molar-refractivity contribution in [1.82, 2.24) is 9.80 Å². The molecule has 0 radical (unpaired) electrons. The van der Waals surface area contributed by atoms with Crippen LogP contribution in [0.4, 0.5) is 5.69 Å². The minimum atomic E-state index is -3.84. The molecule has 1 fully saturated rings. The number of anilines is 1. The van der Waals surface area contributed by atoms with Crippen molar-refractivity contribution in [3.8, 4) is 5.75 Å². The highest BCUT2D eigenvalue weighted by Crippen LogP contribution is 2.36. The second kappa shape index (κ2) is 12.1. The molecule has 1 amide bonds. The molecule has 2 heterocycles. The molecule has 3 atom stereocenters. The van der Waals surface area contributed by atoms with E-state index in [2.05, 4.69) is 16.7 Å². The van der Waals surface area contributed by atoms with Crippen LogP contribution in [0.15, 0.2) is 39.9 Å². The molecule has 0 bridgehead atoms. The van der Waals surface area contributed by atoms with E-state index in [0.29, 0.717) is 24.6 Å². The number of aliphatic hydroxyl groups is 1. The highest BCUT2D eigenvalue weighted by molar-refractivity contribution is 7.94. The number of thiophene rings is 1. The number of nitrogens with one attached hydrogen (secondary N) is 1. The molecule has 204 valence electrons. The minimum Gasteiger partial charge on any atom is -0.486 e. The van der Waals surface area contributed by atoms with Crippen molar-refractivity contribution in [2.45, 2.75) is 62.3 Å². The van der Waals surface area contributed by atoms with E-state index >= 15 is 0 Å². The van der Waals surface area contributed by atoms with Crippen molar-refractivity contribution in [3.63, 3.8) is 0 Å². The fourth-order valence-electron chi connectivity index (χ4n) is 5.35. The van der Waals surface area contributed by atoms with Gasteiger partial charge in [0.25, 0.3) is 15.9 Å². The van der Waals surface area contributed by atoms with Gasteiger partial charge in [0.05, 0.1) is 23.9 Å². The second-order valence-corrected chi connectivity index (χ2v) is 13.4. The zero-order valence-electron chi connectivity index (χ0n) is 21.9. The average Bonchev–Trinajstić information content (AvgIpc) is 3.43. The van der Waals surface area contributed by atoms with Gasteiger partial charge in [0.1, 0.15) is 10.3 Å². The summed E-state index contributed by atoms with van der Waals surface area (Å²) in [5.74, 6) is 0.595. The molecule has 2 N–H and O–H groups in total. The summed E-state index contributed by atoms with van der Waals surface area (Å²) < 4.78 is 35.5. The Bertz CT molecular complexity index is 1150. The Hall–Kier alpha value is -2.14. The second-order valence-electron chi connectivity index (χ2n) is 10.6. The monoisotopic (exact) mass is 549 g/mol. The van der Waals surface area contributed by atoms with E-state index in [4.69, 9.17) is 4.74 Å². The molecule has 1 aliphatic heterocycles. The number of hydrogen-bond donors (Lipinski definition) is 2. The first-order valence-electron chi connectivity index (χ1n) is 13.2. The summed E-state index contributed by atoms with van der Waals surface area (Å²) in [6, 6.07) is 7.80. The van der Waals surface area contributed by atoms with Crippen molar-refractivity contribution < 1.29 is 23.1 Å². The fraction of sp³-hybridized carbons (Fsp3) is 0.593. The van der Waals surface area contributed by atoms with Crippen molar-refractivity contribution in [1.29, 1.82) is 0 Å². The number of ether oxygens (including phenoxy) is 1. The fourth-order valence-corrected chi connectivity index (χ4v) is 7.40. The lowest BCUT2D eigenvalue weighted by Gasteiger charge is -2.39. The molecule has 2 aromatic rings. The van der Waals surface area contributed by atoms with E-state index in [0.717, 1.165) is 17.9 Å². The van der Waals surface area contributed by atoms with E-state index < -0.39 is 10.0 Å². The number of nitrogens with zero attached hydrogens (tertiary/aromatic N) is 2. The molecule has 1 aromatic heterocycles. The number of aliphatic hydroxyl groups excluding tert-OH is 1. The summed E-state index contributed by atoms with van der Waals surface area (Å²) >= 11 is 1.13. The van der Waals surface area contributed by atoms with E-state index in [1.54, 1.807) is 40.6 Å². The zero-order chi connectivity index (χ0) is 26.6. The van der Waals surface area contributed by atoms with Gasteiger partial charge in [-0.05, 0) is 56.3 Å². The number of amides is 1. The molecular weight excluding hydrogens is 510 g/mol. The molecular formula is C27H39N3O5S2. The van der Waals surface area contributed by atoms with Crippen LogP contribution in [0.25, 0.3) is 0 Å². The molecule has 1 saturated carbocycles. The number of fused-ring (bicyclic) bond motifs is 1. The predicted molar refractivity (Wildman–Crippen MR) is 147 cm³/mol. The standard InChI is InChI=1S/C27H39N3O5S2/c1-19-15-30(20(2)18-31)27(32)22-11-7-12-23(28-37(33,34)25-13-8-14-36-25)26(22)35-24(19)17-29(3)16-21-9-5-4-6-10-21/h7-8,11-14,19-21,24,28,31H,4-6,9-10,15-18H2,1-3H3/t19-,20-,24-/m1/s1. The molecule has 1 aromatic carbocycles. The Balaban J connectivity index is 1.67. The quantitative estimate of drug-likeness (QED) is 0.484. The van der Waals surface area contributed by atoms with Crippen LogP contribution in [-0.2, 0) is 10.0 Å². The third-order valence-electron chi connectivity index (χ3n) is 7.48.